The molecule has 0 fully saturated rings. The van der Waals surface area contributed by atoms with Gasteiger partial charge in [0.05, 0.1) is 0 Å². The van der Waals surface area contributed by atoms with Crippen LogP contribution in [0.15, 0.2) is 41.2 Å². The third-order valence-electron chi connectivity index (χ3n) is 1.63. The molecule has 2 rings (SSSR count). The quantitative estimate of drug-likeness (QED) is 0.786. The molecule has 0 aliphatic rings. The molecule has 12 heavy (non-hydrogen) atoms. The average molecular weight is 297 g/mol. The molecule has 0 aliphatic heterocycles. The van der Waals surface area contributed by atoms with Gasteiger partial charge in [0.2, 0.25) is 5.56 Å². The van der Waals surface area contributed by atoms with Gasteiger partial charge in [-0.15, -0.1) is 0 Å². The maximum Gasteiger partial charge on any atom is 3.00 e. The molecule has 2 aromatic rings. The van der Waals surface area contributed by atoms with Gasteiger partial charge in [0, 0.05) is 11.6 Å². The van der Waals surface area contributed by atoms with Gasteiger partial charge < -0.3 is 4.98 Å². The molecule has 1 aromatic carbocycles. The number of pyridine rings is 1. The predicted octanol–water partition coefficient (Wildman–Crippen LogP) is 1.53. The van der Waals surface area contributed by atoms with E-state index in [2.05, 4.69) is 4.98 Å². The molecule has 1 heterocycles. The van der Waals surface area contributed by atoms with Crippen molar-refractivity contribution in [2.75, 3.05) is 0 Å². The van der Waals surface area contributed by atoms with Gasteiger partial charge in [-0.25, -0.2) is 0 Å². The Kier molecular flexibility index (Phi) is 3.62. The van der Waals surface area contributed by atoms with Crippen LogP contribution in [0.5, 0.6) is 0 Å². The van der Waals surface area contributed by atoms with Gasteiger partial charge in [0.1, 0.15) is 0 Å². The monoisotopic (exact) mass is 298 g/mol. The Hall–Kier alpha value is 0.0144. The first-order valence-electron chi connectivity index (χ1n) is 3.44. The van der Waals surface area contributed by atoms with Crippen molar-refractivity contribution >= 4 is 10.9 Å². The molecular weight excluding hydrogens is 290 g/mol. The summed E-state index contributed by atoms with van der Waals surface area (Å²) in [5.74, 6) is 0. The Balaban J connectivity index is 0.000000720. The zero-order chi connectivity index (χ0) is 7.68. The van der Waals surface area contributed by atoms with Crippen molar-refractivity contribution in [2.45, 2.75) is 0 Å². The van der Waals surface area contributed by atoms with Crippen molar-refractivity contribution in [3.8, 4) is 0 Å². The van der Waals surface area contributed by atoms with E-state index >= 15 is 0 Å². The summed E-state index contributed by atoms with van der Waals surface area (Å²) in [7, 11) is 0. The fraction of sp³-hybridized carbons (Fsp3) is 0. The first-order valence-corrected chi connectivity index (χ1v) is 3.44. The standard InChI is InChI=1S/C9H7NO.Eu/c11-9-6-5-7-3-1-2-4-8(7)10-9;/h1-6H,(H,10,11);/q;+3. The second-order valence-electron chi connectivity index (χ2n) is 2.41. The normalized spacial score (nSPS) is 9.33. The molecule has 0 atom stereocenters. The summed E-state index contributed by atoms with van der Waals surface area (Å²) >= 11 is 0. The molecule has 0 aliphatic carbocycles. The number of aromatic amines is 1. The largest absolute Gasteiger partial charge is 3.00 e. The van der Waals surface area contributed by atoms with Crippen LogP contribution in [-0.4, -0.2) is 4.98 Å². The molecular formula is C9H7EuNO+3. The van der Waals surface area contributed by atoms with Crippen molar-refractivity contribution in [2.24, 2.45) is 0 Å². The van der Waals surface area contributed by atoms with E-state index in [0.717, 1.165) is 10.9 Å². The van der Waals surface area contributed by atoms with Crippen molar-refractivity contribution in [3.63, 3.8) is 0 Å². The second-order valence-corrected chi connectivity index (χ2v) is 2.41. The van der Waals surface area contributed by atoms with Crippen LogP contribution in [0.1, 0.15) is 0 Å². The maximum atomic E-state index is 10.8. The summed E-state index contributed by atoms with van der Waals surface area (Å²) in [6.07, 6.45) is 0. The van der Waals surface area contributed by atoms with E-state index in [1.165, 1.54) is 6.07 Å². The van der Waals surface area contributed by atoms with Crippen LogP contribution in [-0.2, 0) is 0 Å². The van der Waals surface area contributed by atoms with Gasteiger partial charge in [-0.3, -0.25) is 4.79 Å². The minimum Gasteiger partial charge on any atom is -0.322 e. The summed E-state index contributed by atoms with van der Waals surface area (Å²) in [5, 5.41) is 1.06. The summed E-state index contributed by atoms with van der Waals surface area (Å²) in [5.41, 5.74) is 0.837. The summed E-state index contributed by atoms with van der Waals surface area (Å²) < 4.78 is 0. The van der Waals surface area contributed by atoms with Crippen LogP contribution >= 0.6 is 0 Å². The Morgan fingerprint density at radius 1 is 1.00 bits per heavy atom. The van der Waals surface area contributed by atoms with E-state index in [9.17, 15) is 4.79 Å². The van der Waals surface area contributed by atoms with Crippen LogP contribution in [0.2, 0.25) is 0 Å². The molecule has 58 valence electrons. The van der Waals surface area contributed by atoms with Crippen LogP contribution in [0.3, 0.4) is 0 Å². The third-order valence-corrected chi connectivity index (χ3v) is 1.63. The topological polar surface area (TPSA) is 32.9 Å². The number of benzene rings is 1. The van der Waals surface area contributed by atoms with E-state index < -0.39 is 0 Å². The number of nitrogens with one attached hydrogen (secondary N) is 1. The number of fused-ring (bicyclic) bond motifs is 1. The summed E-state index contributed by atoms with van der Waals surface area (Å²) in [4.78, 5) is 13.6. The van der Waals surface area contributed by atoms with Crippen LogP contribution in [0.4, 0.5) is 0 Å². The van der Waals surface area contributed by atoms with Gasteiger partial charge >= 0.3 is 49.4 Å². The van der Waals surface area contributed by atoms with Gasteiger partial charge in [0.25, 0.3) is 0 Å². The van der Waals surface area contributed by atoms with Gasteiger partial charge in [-0.1, -0.05) is 18.2 Å². The fourth-order valence-corrected chi connectivity index (χ4v) is 1.10. The number of para-hydroxylation sites is 1. The Labute approximate surface area is 111 Å². The average Bonchev–Trinajstić information content (AvgIpc) is 2.04. The Morgan fingerprint density at radius 2 is 1.75 bits per heavy atom. The van der Waals surface area contributed by atoms with Crippen molar-refractivity contribution in [1.29, 1.82) is 0 Å². The van der Waals surface area contributed by atoms with Crippen LogP contribution < -0.4 is 5.56 Å². The number of hydrogen-bond acceptors (Lipinski definition) is 1. The zero-order valence-corrected chi connectivity index (χ0v) is 8.68. The third kappa shape index (κ3) is 2.03. The Morgan fingerprint density at radius 3 is 2.58 bits per heavy atom. The van der Waals surface area contributed by atoms with Crippen molar-refractivity contribution < 1.29 is 49.4 Å². The zero-order valence-electron chi connectivity index (χ0n) is 6.25. The van der Waals surface area contributed by atoms with Gasteiger partial charge in [-0.05, 0) is 17.5 Å². The second kappa shape index (κ2) is 4.31. The molecule has 0 unspecified atom stereocenters. The molecule has 0 saturated carbocycles. The van der Waals surface area contributed by atoms with E-state index in [1.807, 2.05) is 30.3 Å². The SMILES string of the molecule is O=c1ccc2ccccc2[nH]1.[Eu+3]. The first-order chi connectivity index (χ1) is 5.36. The van der Waals surface area contributed by atoms with Crippen LogP contribution in [0.25, 0.3) is 10.9 Å². The molecule has 3 heteroatoms. The summed E-state index contributed by atoms with van der Waals surface area (Å²) in [6, 6.07) is 11.0. The molecule has 0 amide bonds. The van der Waals surface area contributed by atoms with E-state index in [1.54, 1.807) is 0 Å². The Bertz CT molecular complexity index is 435. The minimum absolute atomic E-state index is 0. The van der Waals surface area contributed by atoms with Gasteiger partial charge in [0.15, 0.2) is 0 Å². The predicted molar refractivity (Wildman–Crippen MR) is 44.6 cm³/mol. The van der Waals surface area contributed by atoms with Gasteiger partial charge in [-0.2, -0.15) is 0 Å². The van der Waals surface area contributed by atoms with Crippen molar-refractivity contribution in [3.05, 3.63) is 46.8 Å². The van der Waals surface area contributed by atoms with Crippen molar-refractivity contribution in [1.82, 2.24) is 4.98 Å². The number of rotatable bonds is 0. The molecule has 0 bridgehead atoms. The number of hydrogen-bond donors (Lipinski definition) is 1. The maximum absolute atomic E-state index is 10.8. The van der Waals surface area contributed by atoms with E-state index in [0.29, 0.717) is 0 Å². The molecule has 0 spiro atoms. The number of H-pyrrole nitrogens is 1. The molecule has 1 aromatic heterocycles. The van der Waals surface area contributed by atoms with Crippen LogP contribution in [0, 0.1) is 49.4 Å². The molecule has 0 radical (unpaired) electrons. The fourth-order valence-electron chi connectivity index (χ4n) is 1.10. The van der Waals surface area contributed by atoms with E-state index in [-0.39, 0.29) is 54.9 Å². The smallest absolute Gasteiger partial charge is 0.322 e. The number of aromatic nitrogens is 1. The summed E-state index contributed by atoms with van der Waals surface area (Å²) in [6.45, 7) is 0. The molecule has 2 nitrogen and oxygen atoms in total. The van der Waals surface area contributed by atoms with E-state index in [4.69, 9.17) is 0 Å². The minimum atomic E-state index is -0.0521. The first kappa shape index (κ1) is 10.1. The molecule has 1 N–H and O–H groups in total. The molecule has 0 saturated heterocycles.